The van der Waals surface area contributed by atoms with Crippen molar-refractivity contribution in [2.75, 3.05) is 0 Å². The van der Waals surface area contributed by atoms with Gasteiger partial charge in [0.05, 0.1) is 27.4 Å². The molecule has 0 saturated heterocycles. The van der Waals surface area contributed by atoms with Crippen LogP contribution in [0.1, 0.15) is 0 Å². The summed E-state index contributed by atoms with van der Waals surface area (Å²) in [6.07, 6.45) is 0. The lowest BCUT2D eigenvalue weighted by molar-refractivity contribution is 0.669. The summed E-state index contributed by atoms with van der Waals surface area (Å²) in [5.41, 5.74) is 10.5. The Hall–Kier alpha value is -7.34. The molecule has 57 heavy (non-hydrogen) atoms. The minimum Gasteiger partial charge on any atom is -0.456 e. The summed E-state index contributed by atoms with van der Waals surface area (Å²) in [4.78, 5) is 11.2. The summed E-state index contributed by atoms with van der Waals surface area (Å²) in [5, 5.41) is 9.75. The van der Waals surface area contributed by atoms with Gasteiger partial charge in [-0.05, 0) is 69.7 Å². The topological polar surface area (TPSA) is 43.9 Å². The summed E-state index contributed by atoms with van der Waals surface area (Å²) in [7, 11) is -2.88. The van der Waals surface area contributed by atoms with E-state index >= 15 is 0 Å². The quantitative estimate of drug-likeness (QED) is 0.165. The number of aromatic nitrogens is 3. The fourth-order valence-corrected chi connectivity index (χ4v) is 14.5. The third kappa shape index (κ3) is 4.55. The van der Waals surface area contributed by atoms with Crippen molar-refractivity contribution in [3.8, 4) is 39.5 Å². The molecule has 0 saturated carbocycles. The van der Waals surface area contributed by atoms with Gasteiger partial charge >= 0.3 is 0 Å². The maximum absolute atomic E-state index is 6.39. The molecule has 0 N–H and O–H groups in total. The van der Waals surface area contributed by atoms with Crippen molar-refractivity contribution < 1.29 is 4.42 Å². The van der Waals surface area contributed by atoms with E-state index in [1.807, 2.05) is 6.07 Å². The molecule has 0 radical (unpaired) electrons. The Morgan fingerprint density at radius 3 is 1.84 bits per heavy atom. The minimum absolute atomic E-state index is 0.723. The highest BCUT2D eigenvalue weighted by Crippen LogP contribution is 2.41. The molecule has 0 bridgehead atoms. The van der Waals surface area contributed by atoms with Crippen LogP contribution in [0, 0.1) is 0 Å². The Morgan fingerprint density at radius 2 is 1.09 bits per heavy atom. The first-order valence-corrected chi connectivity index (χ1v) is 21.4. The molecule has 12 rings (SSSR count). The van der Waals surface area contributed by atoms with E-state index in [0.29, 0.717) is 0 Å². The molecule has 8 aromatic carbocycles. The van der Waals surface area contributed by atoms with Crippen LogP contribution < -0.4 is 20.9 Å². The zero-order chi connectivity index (χ0) is 37.5. The van der Waals surface area contributed by atoms with Crippen LogP contribution in [0.2, 0.25) is 0 Å². The SMILES string of the molecule is c1ccc(-c2nc(-c3ccc(-n4c5ccccc5c5ccc6oc7ccccc7c6c54)cc3)nc3c2-c2ccccc2[Si]3(c2ccccc2)c2ccccc2)cc1. The molecule has 0 unspecified atom stereocenters. The first-order chi connectivity index (χ1) is 28.3. The summed E-state index contributed by atoms with van der Waals surface area (Å²) in [6, 6.07) is 71.8. The molecule has 0 atom stereocenters. The van der Waals surface area contributed by atoms with E-state index in [1.165, 1.54) is 31.9 Å². The van der Waals surface area contributed by atoms with E-state index < -0.39 is 8.07 Å². The summed E-state index contributed by atoms with van der Waals surface area (Å²) in [5.74, 6) is 0.723. The number of benzene rings is 8. The maximum Gasteiger partial charge on any atom is 0.203 e. The van der Waals surface area contributed by atoms with Crippen molar-refractivity contribution in [2.45, 2.75) is 0 Å². The average molecular weight is 744 g/mol. The molecule has 1 aliphatic heterocycles. The zero-order valence-electron chi connectivity index (χ0n) is 30.8. The third-order valence-corrected chi connectivity index (χ3v) is 16.6. The van der Waals surface area contributed by atoms with Gasteiger partial charge in [0.15, 0.2) is 5.82 Å². The van der Waals surface area contributed by atoms with Crippen LogP contribution in [0.15, 0.2) is 205 Å². The van der Waals surface area contributed by atoms with Gasteiger partial charge in [-0.2, -0.15) is 0 Å². The molecule has 0 spiro atoms. The molecule has 4 heterocycles. The Kier molecular flexibility index (Phi) is 6.91. The van der Waals surface area contributed by atoms with Crippen LogP contribution in [0.5, 0.6) is 0 Å². The summed E-state index contributed by atoms with van der Waals surface area (Å²) in [6.45, 7) is 0. The van der Waals surface area contributed by atoms with E-state index in [-0.39, 0.29) is 0 Å². The molecule has 11 aromatic rings. The van der Waals surface area contributed by atoms with E-state index in [0.717, 1.165) is 72.2 Å². The highest BCUT2D eigenvalue weighted by molar-refractivity contribution is 7.21. The van der Waals surface area contributed by atoms with Crippen LogP contribution in [0.3, 0.4) is 0 Å². The van der Waals surface area contributed by atoms with Crippen molar-refractivity contribution in [1.29, 1.82) is 0 Å². The highest BCUT2D eigenvalue weighted by Gasteiger charge is 2.51. The largest absolute Gasteiger partial charge is 0.456 e. The predicted octanol–water partition coefficient (Wildman–Crippen LogP) is 10.2. The van der Waals surface area contributed by atoms with Gasteiger partial charge < -0.3 is 8.98 Å². The van der Waals surface area contributed by atoms with Gasteiger partial charge in [-0.3, -0.25) is 0 Å². The second-order valence-corrected chi connectivity index (χ2v) is 18.5. The monoisotopic (exact) mass is 743 g/mol. The summed E-state index contributed by atoms with van der Waals surface area (Å²) >= 11 is 0. The number of hydrogen-bond donors (Lipinski definition) is 0. The lowest BCUT2D eigenvalue weighted by Gasteiger charge is -2.30. The third-order valence-electron chi connectivity index (χ3n) is 11.9. The van der Waals surface area contributed by atoms with Crippen molar-refractivity contribution in [3.05, 3.63) is 200 Å². The maximum atomic E-state index is 6.39. The first-order valence-electron chi connectivity index (χ1n) is 19.4. The zero-order valence-corrected chi connectivity index (χ0v) is 31.8. The molecular weight excluding hydrogens is 711 g/mol. The van der Waals surface area contributed by atoms with Crippen LogP contribution in [-0.2, 0) is 0 Å². The van der Waals surface area contributed by atoms with Gasteiger partial charge in [0, 0.05) is 38.5 Å². The molecule has 3 aromatic heterocycles. The van der Waals surface area contributed by atoms with Crippen molar-refractivity contribution in [1.82, 2.24) is 14.5 Å². The Labute approximate surface area is 330 Å². The highest BCUT2D eigenvalue weighted by atomic mass is 28.3. The second kappa shape index (κ2) is 12.3. The van der Waals surface area contributed by atoms with E-state index in [1.54, 1.807) is 0 Å². The van der Waals surface area contributed by atoms with Gasteiger partial charge in [0.25, 0.3) is 0 Å². The fraction of sp³-hybridized carbons (Fsp3) is 0. The lowest BCUT2D eigenvalue weighted by Crippen LogP contribution is -2.73. The molecule has 0 aliphatic carbocycles. The Balaban J connectivity index is 1.12. The van der Waals surface area contributed by atoms with E-state index in [2.05, 4.69) is 199 Å². The van der Waals surface area contributed by atoms with Gasteiger partial charge in [-0.15, -0.1) is 0 Å². The fourth-order valence-electron chi connectivity index (χ4n) is 9.50. The molecule has 1 aliphatic rings. The van der Waals surface area contributed by atoms with Gasteiger partial charge in [-0.1, -0.05) is 152 Å². The van der Waals surface area contributed by atoms with Crippen LogP contribution in [-0.4, -0.2) is 22.6 Å². The predicted molar refractivity (Wildman–Crippen MR) is 237 cm³/mol. The number of furan rings is 1. The van der Waals surface area contributed by atoms with Crippen molar-refractivity contribution >= 4 is 72.7 Å². The molecular formula is C52H33N3OSi. The van der Waals surface area contributed by atoms with Crippen molar-refractivity contribution in [2.24, 2.45) is 0 Å². The van der Waals surface area contributed by atoms with Crippen LogP contribution in [0.4, 0.5) is 0 Å². The number of fused-ring (bicyclic) bond motifs is 10. The van der Waals surface area contributed by atoms with Crippen LogP contribution >= 0.6 is 0 Å². The normalized spacial score (nSPS) is 13.1. The summed E-state index contributed by atoms with van der Waals surface area (Å²) < 4.78 is 8.77. The van der Waals surface area contributed by atoms with E-state index in [4.69, 9.17) is 14.4 Å². The number of nitrogens with zero attached hydrogens (tertiary/aromatic N) is 3. The average Bonchev–Trinajstić information content (AvgIpc) is 3.93. The molecule has 0 fully saturated rings. The molecule has 266 valence electrons. The van der Waals surface area contributed by atoms with E-state index in [9.17, 15) is 0 Å². The molecule has 4 nitrogen and oxygen atoms in total. The van der Waals surface area contributed by atoms with Gasteiger partial charge in [0.2, 0.25) is 8.07 Å². The van der Waals surface area contributed by atoms with Gasteiger partial charge in [-0.25, -0.2) is 9.97 Å². The van der Waals surface area contributed by atoms with Gasteiger partial charge in [0.1, 0.15) is 11.2 Å². The number of hydrogen-bond acceptors (Lipinski definition) is 3. The number of rotatable bonds is 5. The number of para-hydroxylation sites is 2. The standard InChI is InChI=1S/C52H33N3OSi/c1-4-16-34(17-5-1)49-48-42-24-12-15-27-46(42)57(37-18-6-2-7-19-37,38-20-8-3-9-21-38)52(48)54-51(53-49)35-28-30-36(31-29-35)55-43-25-13-10-22-39(43)40-32-33-45-47(50(40)55)41-23-11-14-26-44(41)56-45/h1-33H. The Bertz CT molecular complexity index is 3300. The smallest absolute Gasteiger partial charge is 0.203 e. The Morgan fingerprint density at radius 1 is 0.456 bits per heavy atom. The van der Waals surface area contributed by atoms with Crippen LogP contribution in [0.25, 0.3) is 83.2 Å². The van der Waals surface area contributed by atoms with Crippen molar-refractivity contribution in [3.63, 3.8) is 0 Å². The lowest BCUT2D eigenvalue weighted by atomic mass is 10.0. The molecule has 0 amide bonds. The minimum atomic E-state index is -2.88. The molecule has 5 heteroatoms. The first kappa shape index (κ1) is 32.0. The second-order valence-electron chi connectivity index (χ2n) is 14.8.